The van der Waals surface area contributed by atoms with E-state index in [1.54, 1.807) is 0 Å². The van der Waals surface area contributed by atoms with E-state index in [0.29, 0.717) is 30.1 Å². The number of aryl methyl sites for hydroxylation is 1. The van der Waals surface area contributed by atoms with Crippen LogP contribution in [0.2, 0.25) is 0 Å². The molecule has 4 atom stereocenters. The molecule has 4 heteroatoms. The van der Waals surface area contributed by atoms with Gasteiger partial charge in [-0.25, -0.2) is 4.79 Å². The molecule has 24 heavy (non-hydrogen) atoms. The van der Waals surface area contributed by atoms with Gasteiger partial charge in [-0.05, 0) is 85.0 Å². The van der Waals surface area contributed by atoms with Crippen molar-refractivity contribution in [3.8, 4) is 5.75 Å². The number of hydrogen-bond donors (Lipinski definition) is 2. The predicted octanol–water partition coefficient (Wildman–Crippen LogP) is 3.37. The van der Waals surface area contributed by atoms with Gasteiger partial charge in [0.05, 0.1) is 0 Å². The first-order valence-corrected chi connectivity index (χ1v) is 9.21. The summed E-state index contributed by atoms with van der Waals surface area (Å²) in [7, 11) is 0. The van der Waals surface area contributed by atoms with Crippen LogP contribution in [0.3, 0.4) is 0 Å². The van der Waals surface area contributed by atoms with Crippen molar-refractivity contribution in [3.05, 3.63) is 29.3 Å². The van der Waals surface area contributed by atoms with E-state index in [9.17, 15) is 9.90 Å². The van der Waals surface area contributed by atoms with Crippen molar-refractivity contribution < 1.29 is 19.7 Å². The van der Waals surface area contributed by atoms with Crippen molar-refractivity contribution in [1.29, 1.82) is 0 Å². The van der Waals surface area contributed by atoms with Gasteiger partial charge in [0.25, 0.3) is 0 Å². The highest BCUT2D eigenvalue weighted by Crippen LogP contribution is 2.60. The number of aliphatic hydroxyl groups excluding tert-OH is 1. The molecule has 0 spiro atoms. The first-order valence-electron chi connectivity index (χ1n) is 9.21. The van der Waals surface area contributed by atoms with Crippen LogP contribution in [0.5, 0.6) is 5.75 Å². The van der Waals surface area contributed by atoms with Crippen LogP contribution in [-0.4, -0.2) is 29.4 Å². The van der Waals surface area contributed by atoms with E-state index in [-0.39, 0.29) is 12.0 Å². The van der Waals surface area contributed by atoms with E-state index in [2.05, 4.69) is 6.07 Å². The summed E-state index contributed by atoms with van der Waals surface area (Å²) in [4.78, 5) is 10.7. The molecule has 2 saturated carbocycles. The van der Waals surface area contributed by atoms with Crippen molar-refractivity contribution in [3.63, 3.8) is 0 Å². The SMILES string of the molecule is O=C(O)COc1ccc2c(c1)CC[C@@H]1[C@@H]2CC[C@]2(CO)CCC[C@@H]12. The van der Waals surface area contributed by atoms with Gasteiger partial charge in [-0.2, -0.15) is 0 Å². The molecule has 0 aromatic heterocycles. The minimum Gasteiger partial charge on any atom is -0.482 e. The van der Waals surface area contributed by atoms with Crippen LogP contribution >= 0.6 is 0 Å². The second-order valence-electron chi connectivity index (χ2n) is 7.91. The number of ether oxygens (including phenoxy) is 1. The second-order valence-corrected chi connectivity index (χ2v) is 7.91. The van der Waals surface area contributed by atoms with Crippen LogP contribution in [-0.2, 0) is 11.2 Å². The van der Waals surface area contributed by atoms with E-state index in [1.165, 1.54) is 43.2 Å². The lowest BCUT2D eigenvalue weighted by Crippen LogP contribution is -2.43. The highest BCUT2D eigenvalue weighted by molar-refractivity contribution is 5.68. The Labute approximate surface area is 142 Å². The molecule has 2 fully saturated rings. The molecule has 0 saturated heterocycles. The zero-order valence-corrected chi connectivity index (χ0v) is 14.0. The molecule has 0 bridgehead atoms. The van der Waals surface area contributed by atoms with Gasteiger partial charge in [0.2, 0.25) is 0 Å². The quantitative estimate of drug-likeness (QED) is 0.888. The summed E-state index contributed by atoms with van der Waals surface area (Å²) in [5.74, 6) is 1.70. The van der Waals surface area contributed by atoms with Crippen molar-refractivity contribution in [2.75, 3.05) is 13.2 Å². The molecule has 4 nitrogen and oxygen atoms in total. The third-order valence-electron chi connectivity index (χ3n) is 6.90. The summed E-state index contributed by atoms with van der Waals surface area (Å²) in [6.45, 7) is 0.0711. The van der Waals surface area contributed by atoms with Crippen molar-refractivity contribution in [1.82, 2.24) is 0 Å². The summed E-state index contributed by atoms with van der Waals surface area (Å²) in [5, 5.41) is 18.8. The lowest BCUT2D eigenvalue weighted by Gasteiger charge is -2.50. The Balaban J connectivity index is 1.57. The number of fused-ring (bicyclic) bond motifs is 5. The van der Waals surface area contributed by atoms with Gasteiger partial charge in [-0.1, -0.05) is 12.5 Å². The Hall–Kier alpha value is -1.55. The number of carbonyl (C=O) groups is 1. The fourth-order valence-corrected chi connectivity index (χ4v) is 5.86. The first kappa shape index (κ1) is 15.9. The van der Waals surface area contributed by atoms with Crippen LogP contribution in [0, 0.1) is 17.3 Å². The Morgan fingerprint density at radius 3 is 2.92 bits per heavy atom. The fraction of sp³-hybridized carbons (Fsp3) is 0.650. The summed E-state index contributed by atoms with van der Waals surface area (Å²) < 4.78 is 5.34. The highest BCUT2D eigenvalue weighted by atomic mass is 16.5. The number of aliphatic hydroxyl groups is 1. The maximum atomic E-state index is 10.7. The summed E-state index contributed by atoms with van der Waals surface area (Å²) in [6, 6.07) is 6.12. The van der Waals surface area contributed by atoms with Gasteiger partial charge >= 0.3 is 5.97 Å². The maximum Gasteiger partial charge on any atom is 0.341 e. The van der Waals surface area contributed by atoms with Crippen LogP contribution in [0.15, 0.2) is 18.2 Å². The molecule has 0 heterocycles. The van der Waals surface area contributed by atoms with Crippen LogP contribution in [0.1, 0.15) is 55.6 Å². The molecule has 0 amide bonds. The first-order chi connectivity index (χ1) is 11.6. The van der Waals surface area contributed by atoms with Crippen LogP contribution < -0.4 is 4.74 Å². The summed E-state index contributed by atoms with van der Waals surface area (Å²) in [6.07, 6.45) is 8.29. The molecule has 130 valence electrons. The van der Waals surface area contributed by atoms with E-state index in [1.807, 2.05) is 12.1 Å². The van der Waals surface area contributed by atoms with Crippen LogP contribution in [0.4, 0.5) is 0 Å². The molecule has 3 aliphatic carbocycles. The lowest BCUT2D eigenvalue weighted by molar-refractivity contribution is -0.139. The molecule has 4 rings (SSSR count). The van der Waals surface area contributed by atoms with E-state index in [0.717, 1.165) is 12.8 Å². The normalized spacial score (nSPS) is 34.1. The van der Waals surface area contributed by atoms with Gasteiger partial charge in [0.15, 0.2) is 6.61 Å². The van der Waals surface area contributed by atoms with Crippen molar-refractivity contribution >= 4 is 5.97 Å². The van der Waals surface area contributed by atoms with E-state index in [4.69, 9.17) is 9.84 Å². The average molecular weight is 330 g/mol. The molecule has 0 radical (unpaired) electrons. The van der Waals surface area contributed by atoms with Gasteiger partial charge in [-0.15, -0.1) is 0 Å². The van der Waals surface area contributed by atoms with E-state index >= 15 is 0 Å². The van der Waals surface area contributed by atoms with Gasteiger partial charge < -0.3 is 14.9 Å². The lowest BCUT2D eigenvalue weighted by atomic mass is 9.55. The molecule has 3 aliphatic rings. The second kappa shape index (κ2) is 6.07. The number of carboxylic acid groups (broad SMARTS) is 1. The zero-order chi connectivity index (χ0) is 16.7. The minimum atomic E-state index is -0.943. The molecule has 0 aliphatic heterocycles. The zero-order valence-electron chi connectivity index (χ0n) is 14.0. The summed E-state index contributed by atoms with van der Waals surface area (Å²) >= 11 is 0. The third-order valence-corrected chi connectivity index (χ3v) is 6.90. The Morgan fingerprint density at radius 1 is 1.25 bits per heavy atom. The largest absolute Gasteiger partial charge is 0.482 e. The van der Waals surface area contributed by atoms with E-state index < -0.39 is 5.97 Å². The third kappa shape index (κ3) is 2.52. The molecule has 0 unspecified atom stereocenters. The number of aliphatic carboxylic acids is 1. The topological polar surface area (TPSA) is 66.8 Å². The van der Waals surface area contributed by atoms with Crippen molar-refractivity contribution in [2.24, 2.45) is 17.3 Å². The fourth-order valence-electron chi connectivity index (χ4n) is 5.86. The predicted molar refractivity (Wildman–Crippen MR) is 90.2 cm³/mol. The number of rotatable bonds is 4. The Morgan fingerprint density at radius 2 is 2.12 bits per heavy atom. The van der Waals surface area contributed by atoms with Gasteiger partial charge in [0, 0.05) is 6.61 Å². The number of benzene rings is 1. The molecule has 2 N–H and O–H groups in total. The Kier molecular flexibility index (Phi) is 4.03. The number of carboxylic acids is 1. The van der Waals surface area contributed by atoms with Gasteiger partial charge in [-0.3, -0.25) is 0 Å². The highest BCUT2D eigenvalue weighted by Gasteiger charge is 2.52. The number of hydrogen-bond acceptors (Lipinski definition) is 3. The molecule has 1 aromatic carbocycles. The van der Waals surface area contributed by atoms with Crippen LogP contribution in [0.25, 0.3) is 0 Å². The summed E-state index contributed by atoms with van der Waals surface area (Å²) in [5.41, 5.74) is 2.96. The average Bonchev–Trinajstić information content (AvgIpc) is 3.04. The smallest absolute Gasteiger partial charge is 0.341 e. The van der Waals surface area contributed by atoms with Gasteiger partial charge in [0.1, 0.15) is 5.75 Å². The molecular weight excluding hydrogens is 304 g/mol. The van der Waals surface area contributed by atoms with Crippen molar-refractivity contribution in [2.45, 2.75) is 50.9 Å². The maximum absolute atomic E-state index is 10.7. The molecular formula is C20H26O4. The minimum absolute atomic E-state index is 0.198. The standard InChI is InChI=1S/C20H26O4/c21-12-20-8-1-2-18(20)17-5-3-13-10-14(24-11-19(22)23)4-6-15(13)16(17)7-9-20/h4,6,10,16-18,21H,1-3,5,7-9,11-12H2,(H,22,23)/t16-,17-,18+,20+/m1/s1. The molecule has 1 aromatic rings. The monoisotopic (exact) mass is 330 g/mol. The Bertz CT molecular complexity index is 641.